The predicted molar refractivity (Wildman–Crippen MR) is 145 cm³/mol. The molecule has 212 valence electrons. The van der Waals surface area contributed by atoms with Crippen LogP contribution < -0.4 is 5.73 Å². The predicted octanol–water partition coefficient (Wildman–Crippen LogP) is 1.96. The lowest BCUT2D eigenvalue weighted by atomic mass is 9.78. The third kappa shape index (κ3) is 6.88. The monoisotopic (exact) mass is 540 g/mol. The number of unbranched alkanes of at least 4 members (excludes halogenated alkanes) is 2. The average Bonchev–Trinajstić information content (AvgIpc) is 2.94. The van der Waals surface area contributed by atoms with Crippen LogP contribution in [0.5, 0.6) is 0 Å². The number of urea groups is 1. The van der Waals surface area contributed by atoms with E-state index in [2.05, 4.69) is 12.1 Å². The van der Waals surface area contributed by atoms with Crippen molar-refractivity contribution in [2.75, 3.05) is 39.3 Å². The molecule has 4 N–H and O–H groups in total. The number of nitrogens with one attached hydrogen (secondary N) is 1. The number of β-lactam (4-membered cyclic amide) rings is 1. The van der Waals surface area contributed by atoms with Crippen molar-refractivity contribution in [3.05, 3.63) is 35.9 Å². The number of benzene rings is 1. The van der Waals surface area contributed by atoms with Gasteiger partial charge in [0.25, 0.3) is 0 Å². The number of aliphatic carboxylic acids is 1. The van der Waals surface area contributed by atoms with E-state index in [0.717, 1.165) is 43.4 Å². The number of imide groups is 1. The number of piperidine rings is 1. The summed E-state index contributed by atoms with van der Waals surface area (Å²) in [5, 5.41) is 17.5. The molecule has 11 nitrogen and oxygen atoms in total. The van der Waals surface area contributed by atoms with Gasteiger partial charge in [0, 0.05) is 45.7 Å². The van der Waals surface area contributed by atoms with Gasteiger partial charge in [-0.05, 0) is 50.0 Å². The van der Waals surface area contributed by atoms with Crippen LogP contribution in [0.4, 0.5) is 4.79 Å². The van der Waals surface area contributed by atoms with E-state index < -0.39 is 29.9 Å². The highest BCUT2D eigenvalue weighted by molar-refractivity contribution is 6.07. The molecule has 1 unspecified atom stereocenters. The molecule has 3 saturated heterocycles. The van der Waals surface area contributed by atoms with Crippen molar-refractivity contribution in [3.63, 3.8) is 0 Å². The lowest BCUT2D eigenvalue weighted by Crippen LogP contribution is -2.70. The highest BCUT2D eigenvalue weighted by Gasteiger charge is 2.56. The van der Waals surface area contributed by atoms with Gasteiger partial charge in [0.05, 0.1) is 5.92 Å². The topological polar surface area (TPSA) is 151 Å². The summed E-state index contributed by atoms with van der Waals surface area (Å²) in [5.41, 5.74) is 6.90. The molecule has 0 spiro atoms. The zero-order valence-corrected chi connectivity index (χ0v) is 22.5. The fraction of sp³-hybridized carbons (Fsp3) is 0.607. The van der Waals surface area contributed by atoms with Crippen LogP contribution in [0.25, 0.3) is 0 Å². The normalized spacial score (nSPS) is 23.4. The molecule has 39 heavy (non-hydrogen) atoms. The van der Waals surface area contributed by atoms with E-state index >= 15 is 0 Å². The zero-order chi connectivity index (χ0) is 27.9. The Morgan fingerprint density at radius 3 is 2.31 bits per heavy atom. The second-order valence-corrected chi connectivity index (χ2v) is 10.9. The fourth-order valence-electron chi connectivity index (χ4n) is 5.99. The molecule has 0 saturated carbocycles. The molecule has 0 radical (unpaired) electrons. The summed E-state index contributed by atoms with van der Waals surface area (Å²) in [6.07, 6.45) is 6.31. The highest BCUT2D eigenvalue weighted by atomic mass is 16.4. The first kappa shape index (κ1) is 28.4. The van der Waals surface area contributed by atoms with E-state index in [4.69, 9.17) is 11.1 Å². The maximum absolute atomic E-state index is 13.1. The van der Waals surface area contributed by atoms with Crippen LogP contribution >= 0.6 is 0 Å². The van der Waals surface area contributed by atoms with Crippen LogP contribution in [0, 0.1) is 17.2 Å². The van der Waals surface area contributed by atoms with E-state index in [9.17, 15) is 24.3 Å². The number of carbonyl (C=O) groups excluding carboxylic acids is 3. The first-order valence-electron chi connectivity index (χ1n) is 14.0. The summed E-state index contributed by atoms with van der Waals surface area (Å²) in [6, 6.07) is 8.50. The Balaban J connectivity index is 1.20. The molecule has 0 aliphatic carbocycles. The third-order valence-corrected chi connectivity index (χ3v) is 8.22. The fourth-order valence-corrected chi connectivity index (χ4v) is 5.99. The van der Waals surface area contributed by atoms with Crippen LogP contribution in [-0.2, 0) is 20.8 Å². The number of carbonyl (C=O) groups is 4. The van der Waals surface area contributed by atoms with Crippen molar-refractivity contribution in [1.29, 1.82) is 5.41 Å². The lowest BCUT2D eigenvalue weighted by Gasteiger charge is -2.47. The Labute approximate surface area is 229 Å². The van der Waals surface area contributed by atoms with E-state index in [1.165, 1.54) is 10.5 Å². The summed E-state index contributed by atoms with van der Waals surface area (Å²) < 4.78 is 0. The SMILES string of the molecule is N=C(N)N1CCC[C@H](C[C@H]2C(=O)N(C(=O)N3CCN(C(=O)CCCCCc4ccccc4)CC3)C2C(=O)O)C1. The molecule has 0 bridgehead atoms. The quantitative estimate of drug-likeness (QED) is 0.187. The largest absolute Gasteiger partial charge is 0.480 e. The van der Waals surface area contributed by atoms with Gasteiger partial charge in [0.1, 0.15) is 0 Å². The summed E-state index contributed by atoms with van der Waals surface area (Å²) in [4.78, 5) is 56.6. The highest BCUT2D eigenvalue weighted by Crippen LogP contribution is 2.36. The maximum atomic E-state index is 13.1. The lowest BCUT2D eigenvalue weighted by molar-refractivity contribution is -0.167. The van der Waals surface area contributed by atoms with Crippen molar-refractivity contribution >= 4 is 29.8 Å². The van der Waals surface area contributed by atoms with E-state index in [0.29, 0.717) is 39.0 Å². The molecule has 3 fully saturated rings. The first-order valence-corrected chi connectivity index (χ1v) is 14.0. The number of carboxylic acids is 1. The number of nitrogens with two attached hydrogens (primary N) is 1. The molecule has 3 aliphatic heterocycles. The van der Waals surface area contributed by atoms with Crippen molar-refractivity contribution < 1.29 is 24.3 Å². The number of nitrogens with zero attached hydrogens (tertiary/aromatic N) is 4. The molecule has 4 amide bonds. The zero-order valence-electron chi connectivity index (χ0n) is 22.5. The number of amides is 4. The number of hydrogen-bond donors (Lipinski definition) is 3. The molecule has 3 heterocycles. The van der Waals surface area contributed by atoms with Gasteiger partial charge in [-0.25, -0.2) is 14.5 Å². The summed E-state index contributed by atoms with van der Waals surface area (Å²) in [7, 11) is 0. The Hall–Kier alpha value is -3.63. The molecule has 11 heteroatoms. The Morgan fingerprint density at radius 1 is 0.949 bits per heavy atom. The first-order chi connectivity index (χ1) is 18.8. The van der Waals surface area contributed by atoms with Crippen LogP contribution in [0.3, 0.4) is 0 Å². The number of piperazine rings is 1. The molecule has 3 aliphatic rings. The van der Waals surface area contributed by atoms with Gasteiger partial charge in [-0.3, -0.25) is 15.0 Å². The summed E-state index contributed by atoms with van der Waals surface area (Å²) in [6.45, 7) is 2.50. The minimum absolute atomic E-state index is 0.0214. The second-order valence-electron chi connectivity index (χ2n) is 10.9. The van der Waals surface area contributed by atoms with Gasteiger partial charge in [0.15, 0.2) is 12.0 Å². The number of guanidine groups is 1. The second kappa shape index (κ2) is 12.9. The minimum Gasteiger partial charge on any atom is -0.480 e. The van der Waals surface area contributed by atoms with Crippen LogP contribution in [-0.4, -0.2) is 99.8 Å². The van der Waals surface area contributed by atoms with Crippen molar-refractivity contribution in [1.82, 2.24) is 19.6 Å². The molecule has 0 aromatic heterocycles. The number of aryl methyl sites for hydroxylation is 1. The van der Waals surface area contributed by atoms with E-state index in [-0.39, 0.29) is 30.9 Å². The number of carboxylic acid groups (broad SMARTS) is 1. The van der Waals surface area contributed by atoms with Crippen LogP contribution in [0.15, 0.2) is 30.3 Å². The van der Waals surface area contributed by atoms with Crippen molar-refractivity contribution in [3.8, 4) is 0 Å². The minimum atomic E-state index is -1.19. The number of rotatable bonds is 9. The molecule has 3 atom stereocenters. The molecule has 1 aromatic rings. The van der Waals surface area contributed by atoms with E-state index in [1.54, 1.807) is 9.80 Å². The van der Waals surface area contributed by atoms with Crippen LogP contribution in [0.2, 0.25) is 0 Å². The van der Waals surface area contributed by atoms with Gasteiger partial charge in [-0.15, -0.1) is 0 Å². The maximum Gasteiger partial charge on any atom is 0.327 e. The standard InChI is InChI=1S/C28H40N6O5/c29-27(30)33-13-7-11-21(19-33)18-22-24(26(37)38)34(25(22)36)28(39)32-16-14-31(15-17-32)23(35)12-6-2-5-10-20-8-3-1-4-9-20/h1,3-4,8-9,21-22,24H,2,5-7,10-19H2,(H3,29,30)(H,37,38)/t21-,22-,24?/m1/s1. The third-order valence-electron chi connectivity index (χ3n) is 8.22. The Kier molecular flexibility index (Phi) is 9.42. The van der Waals surface area contributed by atoms with E-state index in [1.807, 2.05) is 18.2 Å². The smallest absolute Gasteiger partial charge is 0.327 e. The summed E-state index contributed by atoms with van der Waals surface area (Å²) >= 11 is 0. The Morgan fingerprint density at radius 2 is 1.64 bits per heavy atom. The van der Waals surface area contributed by atoms with Crippen LogP contribution in [0.1, 0.15) is 50.5 Å². The Bertz CT molecular complexity index is 1060. The van der Waals surface area contributed by atoms with Crippen molar-refractivity contribution in [2.45, 2.75) is 57.4 Å². The average molecular weight is 541 g/mol. The van der Waals surface area contributed by atoms with Gasteiger partial charge in [-0.2, -0.15) is 0 Å². The molecular weight excluding hydrogens is 500 g/mol. The summed E-state index contributed by atoms with van der Waals surface area (Å²) in [5.74, 6) is -2.31. The van der Waals surface area contributed by atoms with Gasteiger partial charge >= 0.3 is 12.0 Å². The molecule has 1 aromatic carbocycles. The van der Waals surface area contributed by atoms with Gasteiger partial charge < -0.3 is 25.5 Å². The van der Waals surface area contributed by atoms with Crippen molar-refractivity contribution in [2.24, 2.45) is 17.6 Å². The number of hydrogen-bond acceptors (Lipinski definition) is 5. The van der Waals surface area contributed by atoms with Gasteiger partial charge in [-0.1, -0.05) is 36.8 Å². The van der Waals surface area contributed by atoms with Gasteiger partial charge in [0.2, 0.25) is 11.8 Å². The molecule has 4 rings (SSSR count). The number of likely N-dealkylation sites (tertiary alicyclic amines) is 2. The molecular formula is C28H40N6O5.